The Morgan fingerprint density at radius 3 is 3.00 bits per heavy atom. The van der Waals surface area contributed by atoms with E-state index in [0.717, 1.165) is 11.0 Å². The van der Waals surface area contributed by atoms with Gasteiger partial charge in [-0.05, 0) is 27.4 Å². The van der Waals surface area contributed by atoms with Crippen LogP contribution in [0.4, 0.5) is 0 Å². The lowest BCUT2D eigenvalue weighted by Gasteiger charge is -2.07. The summed E-state index contributed by atoms with van der Waals surface area (Å²) in [6.07, 6.45) is 0. The van der Waals surface area contributed by atoms with Gasteiger partial charge in [-0.25, -0.2) is 0 Å². The van der Waals surface area contributed by atoms with Crippen LogP contribution < -0.4 is 11.1 Å². The van der Waals surface area contributed by atoms with Crippen LogP contribution in [0.25, 0.3) is 0 Å². The number of halogens is 1. The molecule has 0 spiro atoms. The molecule has 3 nitrogen and oxygen atoms in total. The smallest absolute Gasteiger partial charge is 0.221 e. The number of primary amides is 1. The molecule has 0 aliphatic heterocycles. The molecule has 1 amide bonds. The van der Waals surface area contributed by atoms with Crippen LogP contribution in [-0.2, 0) is 11.3 Å². The second-order valence-electron chi connectivity index (χ2n) is 3.13. The average Bonchev–Trinajstić information content (AvgIpc) is 2.51. The predicted octanol–water partition coefficient (Wildman–Crippen LogP) is 1.72. The van der Waals surface area contributed by atoms with Crippen LogP contribution >= 0.6 is 27.3 Å². The Morgan fingerprint density at radius 2 is 2.50 bits per heavy atom. The first kappa shape index (κ1) is 11.7. The van der Waals surface area contributed by atoms with Crippen molar-refractivity contribution in [3.8, 4) is 0 Å². The molecule has 0 fully saturated rings. The molecule has 0 saturated carbocycles. The zero-order valence-corrected chi connectivity index (χ0v) is 10.3. The highest BCUT2D eigenvalue weighted by molar-refractivity contribution is 9.10. The molecule has 0 bridgehead atoms. The molecule has 1 rings (SSSR count). The number of thiophene rings is 1. The Bertz CT molecular complexity index is 314. The number of carbonyl (C=O) groups excluding carboxylic acids is 1. The fraction of sp³-hybridized carbons (Fsp3) is 0.444. The Hall–Kier alpha value is -0.390. The van der Waals surface area contributed by atoms with E-state index in [-0.39, 0.29) is 11.8 Å². The van der Waals surface area contributed by atoms with Gasteiger partial charge in [0.25, 0.3) is 0 Å². The van der Waals surface area contributed by atoms with Gasteiger partial charge in [-0.1, -0.05) is 6.92 Å². The summed E-state index contributed by atoms with van der Waals surface area (Å²) in [6.45, 7) is 3.22. The van der Waals surface area contributed by atoms with Crippen LogP contribution in [0.5, 0.6) is 0 Å². The summed E-state index contributed by atoms with van der Waals surface area (Å²) in [4.78, 5) is 12.0. The first-order chi connectivity index (χ1) is 6.61. The Morgan fingerprint density at radius 1 is 1.79 bits per heavy atom. The zero-order valence-electron chi connectivity index (χ0n) is 7.92. The molecule has 1 atom stereocenters. The van der Waals surface area contributed by atoms with Gasteiger partial charge in [-0.2, -0.15) is 0 Å². The standard InChI is InChI=1S/C9H13BrN2OS/c1-6(9(11)13)4-12-5-8-7(10)2-3-14-8/h2-3,6,12H,4-5H2,1H3,(H2,11,13). The van der Waals surface area contributed by atoms with Gasteiger partial charge in [0.2, 0.25) is 5.91 Å². The number of hydrogen-bond acceptors (Lipinski definition) is 3. The third-order valence-corrected chi connectivity index (χ3v) is 3.84. The van der Waals surface area contributed by atoms with Crippen molar-refractivity contribution in [2.45, 2.75) is 13.5 Å². The van der Waals surface area contributed by atoms with Gasteiger partial charge in [-0.15, -0.1) is 11.3 Å². The predicted molar refractivity (Wildman–Crippen MR) is 62.1 cm³/mol. The highest BCUT2D eigenvalue weighted by atomic mass is 79.9. The zero-order chi connectivity index (χ0) is 10.6. The maximum absolute atomic E-state index is 10.7. The van der Waals surface area contributed by atoms with E-state index < -0.39 is 0 Å². The Labute approximate surface area is 95.8 Å². The molecule has 0 aromatic carbocycles. The molecule has 78 valence electrons. The minimum atomic E-state index is -0.261. The maximum Gasteiger partial charge on any atom is 0.221 e. The van der Waals surface area contributed by atoms with E-state index in [1.807, 2.05) is 18.4 Å². The highest BCUT2D eigenvalue weighted by Crippen LogP contribution is 2.22. The second-order valence-corrected chi connectivity index (χ2v) is 4.98. The topological polar surface area (TPSA) is 55.1 Å². The lowest BCUT2D eigenvalue weighted by molar-refractivity contribution is -0.121. The molecule has 14 heavy (non-hydrogen) atoms. The molecular formula is C9H13BrN2OS. The van der Waals surface area contributed by atoms with Crippen molar-refractivity contribution in [1.82, 2.24) is 5.32 Å². The van der Waals surface area contributed by atoms with Gasteiger partial charge in [0.15, 0.2) is 0 Å². The summed E-state index contributed by atoms with van der Waals surface area (Å²) >= 11 is 5.13. The van der Waals surface area contributed by atoms with Gasteiger partial charge in [-0.3, -0.25) is 4.79 Å². The molecule has 1 aromatic rings. The van der Waals surface area contributed by atoms with Crippen molar-refractivity contribution in [3.63, 3.8) is 0 Å². The van der Waals surface area contributed by atoms with Crippen molar-refractivity contribution < 1.29 is 4.79 Å². The molecular weight excluding hydrogens is 264 g/mol. The van der Waals surface area contributed by atoms with Crippen molar-refractivity contribution in [3.05, 3.63) is 20.8 Å². The van der Waals surface area contributed by atoms with Crippen LogP contribution in [0.15, 0.2) is 15.9 Å². The number of nitrogens with two attached hydrogens (primary N) is 1. The van der Waals surface area contributed by atoms with Gasteiger partial charge in [0, 0.05) is 28.4 Å². The first-order valence-corrected chi connectivity index (χ1v) is 6.00. The van der Waals surface area contributed by atoms with Crippen LogP contribution in [-0.4, -0.2) is 12.5 Å². The van der Waals surface area contributed by atoms with Crippen molar-refractivity contribution >= 4 is 33.2 Å². The van der Waals surface area contributed by atoms with E-state index in [4.69, 9.17) is 5.73 Å². The Kier molecular flexibility index (Phi) is 4.57. The summed E-state index contributed by atoms with van der Waals surface area (Å²) in [5, 5.41) is 5.22. The van der Waals surface area contributed by atoms with Crippen LogP contribution in [0.1, 0.15) is 11.8 Å². The molecule has 3 N–H and O–H groups in total. The summed E-state index contributed by atoms with van der Waals surface area (Å²) in [6, 6.07) is 2.01. The lowest BCUT2D eigenvalue weighted by atomic mass is 10.2. The molecule has 0 saturated heterocycles. The Balaban J connectivity index is 2.29. The molecule has 1 unspecified atom stereocenters. The van der Waals surface area contributed by atoms with Crippen LogP contribution in [0, 0.1) is 5.92 Å². The largest absolute Gasteiger partial charge is 0.369 e. The van der Waals surface area contributed by atoms with Gasteiger partial charge in [0.05, 0.1) is 0 Å². The molecule has 5 heteroatoms. The van der Waals surface area contributed by atoms with E-state index >= 15 is 0 Å². The number of hydrogen-bond donors (Lipinski definition) is 2. The molecule has 0 aliphatic rings. The summed E-state index contributed by atoms with van der Waals surface area (Å²) in [5.41, 5.74) is 5.14. The summed E-state index contributed by atoms with van der Waals surface area (Å²) in [7, 11) is 0. The first-order valence-electron chi connectivity index (χ1n) is 4.33. The van der Waals surface area contributed by atoms with E-state index in [0.29, 0.717) is 6.54 Å². The highest BCUT2D eigenvalue weighted by Gasteiger charge is 2.08. The minimum absolute atomic E-state index is 0.117. The summed E-state index contributed by atoms with van der Waals surface area (Å²) in [5.74, 6) is -0.378. The van der Waals surface area contributed by atoms with E-state index in [1.165, 1.54) is 4.88 Å². The van der Waals surface area contributed by atoms with Gasteiger partial charge < -0.3 is 11.1 Å². The monoisotopic (exact) mass is 276 g/mol. The quantitative estimate of drug-likeness (QED) is 0.861. The van der Waals surface area contributed by atoms with Crippen LogP contribution in [0.3, 0.4) is 0 Å². The molecule has 1 heterocycles. The molecule has 0 aliphatic carbocycles. The number of carbonyl (C=O) groups is 1. The average molecular weight is 277 g/mol. The fourth-order valence-corrected chi connectivity index (χ4v) is 2.42. The second kappa shape index (κ2) is 5.48. The van der Waals surface area contributed by atoms with Crippen molar-refractivity contribution in [1.29, 1.82) is 0 Å². The molecule has 1 aromatic heterocycles. The maximum atomic E-state index is 10.7. The lowest BCUT2D eigenvalue weighted by Crippen LogP contribution is -2.30. The third-order valence-electron chi connectivity index (χ3n) is 1.91. The normalized spacial score (nSPS) is 12.7. The SMILES string of the molecule is CC(CNCc1sccc1Br)C(N)=O. The summed E-state index contributed by atoms with van der Waals surface area (Å²) < 4.78 is 1.11. The minimum Gasteiger partial charge on any atom is -0.369 e. The van der Waals surface area contributed by atoms with E-state index in [9.17, 15) is 4.79 Å². The van der Waals surface area contributed by atoms with E-state index in [2.05, 4.69) is 21.2 Å². The van der Waals surface area contributed by atoms with E-state index in [1.54, 1.807) is 11.3 Å². The number of nitrogens with one attached hydrogen (secondary N) is 1. The van der Waals surface area contributed by atoms with Crippen molar-refractivity contribution in [2.75, 3.05) is 6.54 Å². The van der Waals surface area contributed by atoms with Gasteiger partial charge in [0.1, 0.15) is 0 Å². The fourth-order valence-electron chi connectivity index (χ4n) is 0.954. The van der Waals surface area contributed by atoms with Crippen LogP contribution in [0.2, 0.25) is 0 Å². The third kappa shape index (κ3) is 3.40. The van der Waals surface area contributed by atoms with Crippen molar-refractivity contribution in [2.24, 2.45) is 11.7 Å². The molecule has 0 radical (unpaired) electrons. The van der Waals surface area contributed by atoms with Gasteiger partial charge >= 0.3 is 0 Å². The number of rotatable bonds is 5. The number of amides is 1.